The van der Waals surface area contributed by atoms with Crippen LogP contribution in [0.5, 0.6) is 23.0 Å². The molecule has 0 aliphatic heterocycles. The van der Waals surface area contributed by atoms with Crippen molar-refractivity contribution in [2.24, 2.45) is 0 Å². The summed E-state index contributed by atoms with van der Waals surface area (Å²) in [5.41, 5.74) is 1.74. The van der Waals surface area contributed by atoms with E-state index in [0.717, 1.165) is 0 Å². The second-order valence-electron chi connectivity index (χ2n) is 8.77. The third-order valence-corrected chi connectivity index (χ3v) is 4.81. The number of hydrogen-bond acceptors (Lipinski definition) is 9. The van der Waals surface area contributed by atoms with E-state index in [4.69, 9.17) is 23.7 Å². The summed E-state index contributed by atoms with van der Waals surface area (Å²) in [7, 11) is 0. The molecule has 2 aromatic carbocycles. The van der Waals surface area contributed by atoms with E-state index < -0.39 is 23.9 Å². The van der Waals surface area contributed by atoms with Crippen LogP contribution in [0.15, 0.2) is 91.3 Å². The van der Waals surface area contributed by atoms with Gasteiger partial charge in [0.1, 0.15) is 18.1 Å². The topological polar surface area (TPSA) is 114 Å². The van der Waals surface area contributed by atoms with Gasteiger partial charge < -0.3 is 23.7 Å². The van der Waals surface area contributed by atoms with E-state index >= 15 is 0 Å². The van der Waals surface area contributed by atoms with Gasteiger partial charge in [0.05, 0.1) is 6.26 Å². The molecule has 208 valence electrons. The standard InChI is InChI=1S/C31H30O9/c1-18(2)28(32)37-24-11-10-23(26(16-24)39-30(34)20(5)6)17-36-14-13-22-9-12-25(38-29(33)19(3)4)27(15-22)40-31(35)21(7)8/h9-16H,1,3,5,7,17H2,2,4,6,8H3/b14-13+. The van der Waals surface area contributed by atoms with Gasteiger partial charge in [-0.3, -0.25) is 0 Å². The average molecular weight is 547 g/mol. The second-order valence-corrected chi connectivity index (χ2v) is 8.77. The van der Waals surface area contributed by atoms with E-state index in [0.29, 0.717) is 11.1 Å². The zero-order valence-electron chi connectivity index (χ0n) is 22.8. The molecule has 9 nitrogen and oxygen atoms in total. The van der Waals surface area contributed by atoms with Crippen LogP contribution in [-0.2, 0) is 30.5 Å². The zero-order valence-corrected chi connectivity index (χ0v) is 22.8. The fourth-order valence-electron chi connectivity index (χ4n) is 2.62. The van der Waals surface area contributed by atoms with Crippen molar-refractivity contribution in [3.63, 3.8) is 0 Å². The van der Waals surface area contributed by atoms with Gasteiger partial charge in [-0.15, -0.1) is 0 Å². The monoisotopic (exact) mass is 546 g/mol. The average Bonchev–Trinajstić information content (AvgIpc) is 2.88. The maximum absolute atomic E-state index is 12.1. The summed E-state index contributed by atoms with van der Waals surface area (Å²) in [6.07, 6.45) is 2.95. The van der Waals surface area contributed by atoms with E-state index in [1.54, 1.807) is 18.2 Å². The Kier molecular flexibility index (Phi) is 10.9. The molecule has 2 aromatic rings. The van der Waals surface area contributed by atoms with E-state index in [1.165, 1.54) is 58.2 Å². The summed E-state index contributed by atoms with van der Waals surface area (Å²) in [5.74, 6) is -2.37. The van der Waals surface area contributed by atoms with Crippen LogP contribution in [0.4, 0.5) is 0 Å². The van der Waals surface area contributed by atoms with Crippen LogP contribution >= 0.6 is 0 Å². The van der Waals surface area contributed by atoms with Gasteiger partial charge in [0, 0.05) is 33.9 Å². The molecule has 9 heteroatoms. The third kappa shape index (κ3) is 9.29. The number of esters is 4. The van der Waals surface area contributed by atoms with Gasteiger partial charge in [-0.1, -0.05) is 32.4 Å². The number of benzene rings is 2. The van der Waals surface area contributed by atoms with Gasteiger partial charge >= 0.3 is 23.9 Å². The molecule has 0 fully saturated rings. The van der Waals surface area contributed by atoms with Crippen LogP contribution in [0.3, 0.4) is 0 Å². The summed E-state index contributed by atoms with van der Waals surface area (Å²) in [5, 5.41) is 0. The lowest BCUT2D eigenvalue weighted by atomic mass is 10.2. The van der Waals surface area contributed by atoms with Crippen LogP contribution in [0.1, 0.15) is 38.8 Å². The molecule has 0 amide bonds. The molecule has 0 spiro atoms. The van der Waals surface area contributed by atoms with Gasteiger partial charge in [-0.2, -0.15) is 0 Å². The Labute approximate surface area is 232 Å². The molecule has 0 heterocycles. The Balaban J connectivity index is 2.24. The van der Waals surface area contributed by atoms with Crippen molar-refractivity contribution in [2.45, 2.75) is 34.3 Å². The molecule has 0 unspecified atom stereocenters. The van der Waals surface area contributed by atoms with Crippen molar-refractivity contribution in [2.75, 3.05) is 0 Å². The van der Waals surface area contributed by atoms with E-state index in [1.807, 2.05) is 0 Å². The van der Waals surface area contributed by atoms with E-state index in [2.05, 4.69) is 26.3 Å². The van der Waals surface area contributed by atoms with E-state index in [9.17, 15) is 19.2 Å². The largest absolute Gasteiger partial charge is 0.496 e. The first kappa shape index (κ1) is 31.0. The van der Waals surface area contributed by atoms with Gasteiger partial charge in [-0.25, -0.2) is 19.2 Å². The van der Waals surface area contributed by atoms with Gasteiger partial charge in [0.2, 0.25) is 0 Å². The Morgan fingerprint density at radius 2 is 1.12 bits per heavy atom. The minimum absolute atomic E-state index is 0.00126. The van der Waals surface area contributed by atoms with Crippen molar-refractivity contribution < 1.29 is 42.9 Å². The minimum atomic E-state index is -0.695. The highest BCUT2D eigenvalue weighted by atomic mass is 16.6. The Bertz CT molecular complexity index is 1430. The number of carbonyl (C=O) groups is 4. The summed E-state index contributed by atoms with van der Waals surface area (Å²) >= 11 is 0. The summed E-state index contributed by atoms with van der Waals surface area (Å²) < 4.78 is 26.8. The molecule has 0 bridgehead atoms. The lowest BCUT2D eigenvalue weighted by molar-refractivity contribution is -0.132. The van der Waals surface area contributed by atoms with Crippen molar-refractivity contribution in [1.29, 1.82) is 0 Å². The predicted molar refractivity (Wildman–Crippen MR) is 149 cm³/mol. The lowest BCUT2D eigenvalue weighted by Gasteiger charge is -2.12. The van der Waals surface area contributed by atoms with Crippen LogP contribution in [-0.4, -0.2) is 23.9 Å². The molecule has 0 aliphatic rings. The van der Waals surface area contributed by atoms with E-state index in [-0.39, 0.29) is 51.9 Å². The second kappa shape index (κ2) is 14.1. The first-order valence-electron chi connectivity index (χ1n) is 11.8. The van der Waals surface area contributed by atoms with Gasteiger partial charge in [0.25, 0.3) is 0 Å². The number of hydrogen-bond donors (Lipinski definition) is 0. The molecule has 0 aromatic heterocycles. The molecule has 0 N–H and O–H groups in total. The maximum Gasteiger partial charge on any atom is 0.338 e. The van der Waals surface area contributed by atoms with Crippen LogP contribution < -0.4 is 18.9 Å². The Morgan fingerprint density at radius 1 is 0.625 bits per heavy atom. The molecule has 0 atom stereocenters. The predicted octanol–water partition coefficient (Wildman–Crippen LogP) is 5.80. The summed E-state index contributed by atoms with van der Waals surface area (Å²) in [6.45, 7) is 20.2. The quantitative estimate of drug-likeness (QED) is 0.141. The Hall–Kier alpha value is -5.18. The molecule has 0 saturated heterocycles. The molecular weight excluding hydrogens is 516 g/mol. The highest BCUT2D eigenvalue weighted by molar-refractivity contribution is 5.91. The summed E-state index contributed by atoms with van der Waals surface area (Å²) in [4.78, 5) is 48.0. The smallest absolute Gasteiger partial charge is 0.338 e. The number of ether oxygens (including phenoxy) is 5. The van der Waals surface area contributed by atoms with Gasteiger partial charge in [0.15, 0.2) is 11.5 Å². The van der Waals surface area contributed by atoms with Crippen molar-refractivity contribution >= 4 is 30.0 Å². The molecule has 0 saturated carbocycles. The SMILES string of the molecule is C=C(C)C(=O)Oc1ccc(CO/C=C/c2ccc(OC(=O)C(=C)C)c(OC(=O)C(=C)C)c2)c(OC(=O)C(=C)C)c1. The van der Waals surface area contributed by atoms with Crippen molar-refractivity contribution in [3.05, 3.63) is 102 Å². The Morgan fingerprint density at radius 3 is 1.68 bits per heavy atom. The fraction of sp³-hybridized carbons (Fsp3) is 0.161. The minimum Gasteiger partial charge on any atom is -0.496 e. The molecule has 2 rings (SSSR count). The number of rotatable bonds is 12. The van der Waals surface area contributed by atoms with Crippen LogP contribution in [0.2, 0.25) is 0 Å². The van der Waals surface area contributed by atoms with Crippen molar-refractivity contribution in [3.8, 4) is 23.0 Å². The fourth-order valence-corrected chi connectivity index (χ4v) is 2.62. The third-order valence-electron chi connectivity index (χ3n) is 4.81. The molecule has 40 heavy (non-hydrogen) atoms. The highest BCUT2D eigenvalue weighted by Crippen LogP contribution is 2.31. The molecule has 0 aliphatic carbocycles. The highest BCUT2D eigenvalue weighted by Gasteiger charge is 2.16. The zero-order chi connectivity index (χ0) is 30.0. The lowest BCUT2D eigenvalue weighted by Crippen LogP contribution is -2.12. The normalized spacial score (nSPS) is 10.3. The first-order chi connectivity index (χ1) is 18.8. The summed E-state index contributed by atoms with van der Waals surface area (Å²) in [6, 6.07) is 9.04. The molecule has 0 radical (unpaired) electrons. The van der Waals surface area contributed by atoms with Crippen LogP contribution in [0, 0.1) is 0 Å². The maximum atomic E-state index is 12.1. The van der Waals surface area contributed by atoms with Gasteiger partial charge in [-0.05, 0) is 63.6 Å². The van der Waals surface area contributed by atoms with Crippen molar-refractivity contribution in [1.82, 2.24) is 0 Å². The number of carbonyl (C=O) groups excluding carboxylic acids is 4. The van der Waals surface area contributed by atoms with Crippen LogP contribution in [0.25, 0.3) is 6.08 Å². The first-order valence-corrected chi connectivity index (χ1v) is 11.8. The molecular formula is C31H30O9.